The van der Waals surface area contributed by atoms with Crippen LogP contribution in [0.15, 0.2) is 30.3 Å². The molecular formula is C14H18N2O4S. The zero-order chi connectivity index (χ0) is 15.2. The Morgan fingerprint density at radius 3 is 2.62 bits per heavy atom. The van der Waals surface area contributed by atoms with E-state index in [1.165, 1.54) is 0 Å². The molecule has 21 heavy (non-hydrogen) atoms. The summed E-state index contributed by atoms with van der Waals surface area (Å²) in [7, 11) is 0. The minimum Gasteiger partial charge on any atom is -0.396 e. The lowest BCUT2D eigenvalue weighted by molar-refractivity contribution is 0.0269. The van der Waals surface area contributed by atoms with Gasteiger partial charge in [0.25, 0.3) is 5.91 Å². The van der Waals surface area contributed by atoms with Crippen molar-refractivity contribution in [1.82, 2.24) is 10.6 Å². The quantitative estimate of drug-likeness (QED) is 0.569. The SMILES string of the molecule is O=C(NC(=S)NC1CO[C@H](CO)C1CO)c1ccccc1. The Labute approximate surface area is 128 Å². The molecule has 1 aromatic rings. The highest BCUT2D eigenvalue weighted by Gasteiger charge is 2.36. The number of aliphatic hydroxyl groups is 2. The van der Waals surface area contributed by atoms with Crippen LogP contribution in [0.4, 0.5) is 0 Å². The third-order valence-electron chi connectivity index (χ3n) is 3.45. The number of benzene rings is 1. The van der Waals surface area contributed by atoms with E-state index >= 15 is 0 Å². The lowest BCUT2D eigenvalue weighted by Crippen LogP contribution is -2.48. The summed E-state index contributed by atoms with van der Waals surface area (Å²) in [5, 5.41) is 24.2. The number of hydrogen-bond acceptors (Lipinski definition) is 5. The Morgan fingerprint density at radius 1 is 1.29 bits per heavy atom. The van der Waals surface area contributed by atoms with Gasteiger partial charge < -0.3 is 20.3 Å². The maximum absolute atomic E-state index is 11.9. The lowest BCUT2D eigenvalue weighted by atomic mass is 9.98. The number of carbonyl (C=O) groups excluding carboxylic acids is 1. The van der Waals surface area contributed by atoms with Crippen LogP contribution in [0.25, 0.3) is 0 Å². The van der Waals surface area contributed by atoms with Crippen molar-refractivity contribution in [2.45, 2.75) is 12.1 Å². The van der Waals surface area contributed by atoms with Gasteiger partial charge in [-0.3, -0.25) is 10.1 Å². The molecule has 0 saturated carbocycles. The van der Waals surface area contributed by atoms with E-state index < -0.39 is 6.10 Å². The van der Waals surface area contributed by atoms with Crippen molar-refractivity contribution in [2.75, 3.05) is 19.8 Å². The first-order valence-electron chi connectivity index (χ1n) is 6.66. The Kier molecular flexibility index (Phi) is 5.63. The molecule has 1 saturated heterocycles. The second-order valence-electron chi connectivity index (χ2n) is 4.80. The highest BCUT2D eigenvalue weighted by molar-refractivity contribution is 7.80. The Morgan fingerprint density at radius 2 is 2.00 bits per heavy atom. The highest BCUT2D eigenvalue weighted by Crippen LogP contribution is 2.20. The van der Waals surface area contributed by atoms with Gasteiger partial charge in [0.15, 0.2) is 5.11 Å². The fourth-order valence-electron chi connectivity index (χ4n) is 2.28. The molecular weight excluding hydrogens is 292 g/mol. The third-order valence-corrected chi connectivity index (χ3v) is 3.67. The first kappa shape index (κ1) is 15.8. The molecule has 0 spiro atoms. The lowest BCUT2D eigenvalue weighted by Gasteiger charge is -2.21. The molecule has 2 rings (SSSR count). The zero-order valence-electron chi connectivity index (χ0n) is 11.4. The van der Waals surface area contributed by atoms with Gasteiger partial charge >= 0.3 is 0 Å². The summed E-state index contributed by atoms with van der Waals surface area (Å²) in [6, 6.07) is 8.50. The molecule has 1 fully saturated rings. The van der Waals surface area contributed by atoms with Crippen molar-refractivity contribution in [1.29, 1.82) is 0 Å². The number of ether oxygens (including phenoxy) is 1. The largest absolute Gasteiger partial charge is 0.396 e. The maximum atomic E-state index is 11.9. The number of carbonyl (C=O) groups is 1. The van der Waals surface area contributed by atoms with Crippen molar-refractivity contribution in [2.24, 2.45) is 5.92 Å². The molecule has 1 amide bonds. The molecule has 6 nitrogen and oxygen atoms in total. The summed E-state index contributed by atoms with van der Waals surface area (Å²) in [6.45, 7) is 0.0302. The molecule has 1 aromatic carbocycles. The van der Waals surface area contributed by atoms with Crippen LogP contribution in [0.3, 0.4) is 0 Å². The number of nitrogens with one attached hydrogen (secondary N) is 2. The Hall–Kier alpha value is -1.54. The summed E-state index contributed by atoms with van der Waals surface area (Å²) >= 11 is 5.10. The predicted octanol–water partition coefficient (Wildman–Crippen LogP) is -0.341. The predicted molar refractivity (Wildman–Crippen MR) is 80.8 cm³/mol. The van der Waals surface area contributed by atoms with Crippen LogP contribution >= 0.6 is 12.2 Å². The molecule has 2 unspecified atom stereocenters. The van der Waals surface area contributed by atoms with Gasteiger partial charge in [0, 0.05) is 11.5 Å². The van der Waals surface area contributed by atoms with E-state index in [0.717, 1.165) is 0 Å². The van der Waals surface area contributed by atoms with Crippen LogP contribution in [0.2, 0.25) is 0 Å². The fraction of sp³-hybridized carbons (Fsp3) is 0.429. The summed E-state index contributed by atoms with van der Waals surface area (Å²) in [4.78, 5) is 11.9. The van der Waals surface area contributed by atoms with Crippen LogP contribution in [0.1, 0.15) is 10.4 Å². The van der Waals surface area contributed by atoms with Gasteiger partial charge in [-0.15, -0.1) is 0 Å². The molecule has 0 aliphatic carbocycles. The Balaban J connectivity index is 1.89. The number of hydrogen-bond donors (Lipinski definition) is 4. The summed E-state index contributed by atoms with van der Waals surface area (Å²) in [5.41, 5.74) is 0.510. The van der Waals surface area contributed by atoms with Crippen molar-refractivity contribution in [3.63, 3.8) is 0 Å². The molecule has 4 N–H and O–H groups in total. The highest BCUT2D eigenvalue weighted by atomic mass is 32.1. The molecule has 1 aliphatic heterocycles. The molecule has 7 heteroatoms. The summed E-state index contributed by atoms with van der Waals surface area (Å²) < 4.78 is 5.36. The normalized spacial score (nSPS) is 24.6. The summed E-state index contributed by atoms with van der Waals surface area (Å²) in [6.07, 6.45) is -0.417. The van der Waals surface area contributed by atoms with E-state index in [9.17, 15) is 9.90 Å². The van der Waals surface area contributed by atoms with E-state index in [1.54, 1.807) is 24.3 Å². The topological polar surface area (TPSA) is 90.8 Å². The van der Waals surface area contributed by atoms with E-state index in [1.807, 2.05) is 6.07 Å². The zero-order valence-corrected chi connectivity index (χ0v) is 12.2. The van der Waals surface area contributed by atoms with E-state index in [-0.39, 0.29) is 36.2 Å². The van der Waals surface area contributed by atoms with Gasteiger partial charge in [0.2, 0.25) is 0 Å². The first-order valence-corrected chi connectivity index (χ1v) is 7.06. The summed E-state index contributed by atoms with van der Waals surface area (Å²) in [5.74, 6) is -0.562. The van der Waals surface area contributed by atoms with E-state index in [0.29, 0.717) is 12.2 Å². The molecule has 3 atom stereocenters. The van der Waals surface area contributed by atoms with E-state index in [2.05, 4.69) is 10.6 Å². The molecule has 0 aromatic heterocycles. The fourth-order valence-corrected chi connectivity index (χ4v) is 2.53. The van der Waals surface area contributed by atoms with Crippen LogP contribution in [-0.4, -0.2) is 53.2 Å². The smallest absolute Gasteiger partial charge is 0.257 e. The first-order chi connectivity index (χ1) is 10.2. The number of amides is 1. The van der Waals surface area contributed by atoms with E-state index in [4.69, 9.17) is 22.1 Å². The van der Waals surface area contributed by atoms with Crippen molar-refractivity contribution < 1.29 is 19.7 Å². The Bertz CT molecular complexity index is 497. The molecule has 114 valence electrons. The van der Waals surface area contributed by atoms with Gasteiger partial charge in [0.1, 0.15) is 0 Å². The van der Waals surface area contributed by atoms with Crippen LogP contribution in [-0.2, 0) is 4.74 Å². The van der Waals surface area contributed by atoms with Crippen molar-refractivity contribution >= 4 is 23.2 Å². The number of aliphatic hydroxyl groups excluding tert-OH is 2. The van der Waals surface area contributed by atoms with Gasteiger partial charge in [-0.05, 0) is 24.4 Å². The molecule has 0 bridgehead atoms. The van der Waals surface area contributed by atoms with Gasteiger partial charge in [0.05, 0.1) is 32.0 Å². The average molecular weight is 310 g/mol. The van der Waals surface area contributed by atoms with Gasteiger partial charge in [-0.1, -0.05) is 18.2 Å². The van der Waals surface area contributed by atoms with Gasteiger partial charge in [-0.2, -0.15) is 0 Å². The second-order valence-corrected chi connectivity index (χ2v) is 5.21. The molecule has 1 heterocycles. The van der Waals surface area contributed by atoms with Gasteiger partial charge in [-0.25, -0.2) is 0 Å². The average Bonchev–Trinajstić information content (AvgIpc) is 2.89. The third kappa shape index (κ3) is 3.98. The maximum Gasteiger partial charge on any atom is 0.257 e. The van der Waals surface area contributed by atoms with Crippen molar-refractivity contribution in [3.05, 3.63) is 35.9 Å². The molecule has 0 radical (unpaired) electrons. The van der Waals surface area contributed by atoms with Crippen LogP contribution < -0.4 is 10.6 Å². The van der Waals surface area contributed by atoms with Crippen molar-refractivity contribution in [3.8, 4) is 0 Å². The standard InChI is InChI=1S/C14H18N2O4S/c17-6-10-11(8-20-12(10)7-18)15-14(21)16-13(19)9-4-2-1-3-5-9/h1-5,10-12,17-18H,6-8H2,(H2,15,16,19,21)/t10?,11?,12-/m1/s1. The minimum absolute atomic E-state index is 0.127. The second kappa shape index (κ2) is 7.46. The van der Waals surface area contributed by atoms with Crippen LogP contribution in [0.5, 0.6) is 0 Å². The minimum atomic E-state index is -0.417. The molecule has 1 aliphatic rings. The van der Waals surface area contributed by atoms with Crippen LogP contribution in [0, 0.1) is 5.92 Å². The number of thiocarbonyl (C=S) groups is 1. The number of rotatable bonds is 4. The monoisotopic (exact) mass is 310 g/mol.